The topological polar surface area (TPSA) is 16.4 Å². The van der Waals surface area contributed by atoms with Crippen LogP contribution in [0.3, 0.4) is 0 Å². The van der Waals surface area contributed by atoms with Gasteiger partial charge < -0.3 is 9.32 Å². The lowest BCUT2D eigenvalue weighted by Gasteiger charge is -2.30. The van der Waals surface area contributed by atoms with E-state index in [1.807, 2.05) is 0 Å². The molecule has 0 radical (unpaired) electrons. The summed E-state index contributed by atoms with van der Waals surface area (Å²) >= 11 is 0. The molecule has 62 heavy (non-hydrogen) atoms. The molecule has 0 amide bonds. The normalized spacial score (nSPS) is 15.1. The number of furan rings is 1. The highest BCUT2D eigenvalue weighted by molar-refractivity contribution is 6.12. The first-order chi connectivity index (χ1) is 29.1. The number of anilines is 3. The van der Waals surface area contributed by atoms with Gasteiger partial charge >= 0.3 is 0 Å². The Bertz CT molecular complexity index is 3110. The van der Waals surface area contributed by atoms with Gasteiger partial charge in [0.05, 0.1) is 5.69 Å². The first-order valence-electron chi connectivity index (χ1n) is 22.6. The zero-order chi connectivity index (χ0) is 43.9. The number of rotatable bonds is 4. The van der Waals surface area contributed by atoms with E-state index in [0.29, 0.717) is 0 Å². The standard InChI is InChI=1S/C60H61NO/c1-56(2,3)38-23-21-36(22-24-38)37-31-47-46-18-16-20-53(55(46)62-54(47)52(32-37)58(7,8)9)61(40-26-29-44-42-17-14-15-19-48(42)59(10,11)50(44)34-40)41-27-30-45-43-28-25-39(57(4,5)6)33-49(43)60(12,13)51(45)35-41/h14-35H,1-13H3. The smallest absolute Gasteiger partial charge is 0.159 e. The minimum atomic E-state index is -0.177. The second-order valence-corrected chi connectivity index (χ2v) is 22.3. The molecule has 0 spiro atoms. The molecule has 0 atom stereocenters. The van der Waals surface area contributed by atoms with Gasteiger partial charge in [0.15, 0.2) is 5.58 Å². The highest BCUT2D eigenvalue weighted by Gasteiger charge is 2.39. The lowest BCUT2D eigenvalue weighted by atomic mass is 9.79. The Hall–Kier alpha value is -5.86. The molecule has 312 valence electrons. The van der Waals surface area contributed by atoms with E-state index in [0.717, 1.165) is 39.0 Å². The Balaban J connectivity index is 1.20. The molecule has 2 heteroatoms. The molecule has 2 nitrogen and oxygen atoms in total. The third-order valence-corrected chi connectivity index (χ3v) is 14.3. The van der Waals surface area contributed by atoms with Crippen molar-refractivity contribution in [2.45, 2.75) is 117 Å². The summed E-state index contributed by atoms with van der Waals surface area (Å²) in [6.45, 7) is 30.2. The molecule has 2 aliphatic carbocycles. The second-order valence-electron chi connectivity index (χ2n) is 22.3. The number of nitrogens with zero attached hydrogens (tertiary/aromatic N) is 1. The van der Waals surface area contributed by atoms with Gasteiger partial charge in [-0.2, -0.15) is 0 Å². The molecule has 2 aliphatic rings. The lowest BCUT2D eigenvalue weighted by molar-refractivity contribution is 0.573. The molecule has 7 aromatic carbocycles. The molecule has 8 aromatic rings. The molecule has 0 bridgehead atoms. The predicted octanol–water partition coefficient (Wildman–Crippen LogP) is 17.2. The third kappa shape index (κ3) is 6.11. The number of hydrogen-bond acceptors (Lipinski definition) is 2. The van der Waals surface area contributed by atoms with Crippen molar-refractivity contribution in [1.82, 2.24) is 0 Å². The van der Waals surface area contributed by atoms with Crippen LogP contribution in [0.5, 0.6) is 0 Å². The van der Waals surface area contributed by atoms with Gasteiger partial charge in [0.2, 0.25) is 0 Å². The van der Waals surface area contributed by atoms with Crippen molar-refractivity contribution < 1.29 is 4.42 Å². The maximum absolute atomic E-state index is 7.29. The monoisotopic (exact) mass is 811 g/mol. The molecule has 0 saturated heterocycles. The molecule has 0 fully saturated rings. The molecular formula is C60H61NO. The van der Waals surface area contributed by atoms with Crippen molar-refractivity contribution in [2.75, 3.05) is 4.90 Å². The van der Waals surface area contributed by atoms with Gasteiger partial charge in [0.25, 0.3) is 0 Å². The van der Waals surface area contributed by atoms with Crippen LogP contribution in [0.1, 0.15) is 129 Å². The van der Waals surface area contributed by atoms with E-state index in [-0.39, 0.29) is 27.1 Å². The summed E-state index contributed by atoms with van der Waals surface area (Å²) in [6.07, 6.45) is 0. The Kier molecular flexibility index (Phi) is 8.64. The largest absolute Gasteiger partial charge is 0.454 e. The quantitative estimate of drug-likeness (QED) is 0.176. The number of hydrogen-bond donors (Lipinski definition) is 0. The fraction of sp³-hybridized carbons (Fsp3) is 0.300. The van der Waals surface area contributed by atoms with E-state index in [4.69, 9.17) is 4.42 Å². The van der Waals surface area contributed by atoms with Gasteiger partial charge in [-0.15, -0.1) is 0 Å². The minimum absolute atomic E-state index is 0.0681. The van der Waals surface area contributed by atoms with Gasteiger partial charge in [-0.1, -0.05) is 181 Å². The van der Waals surface area contributed by atoms with E-state index in [9.17, 15) is 0 Å². The van der Waals surface area contributed by atoms with Crippen molar-refractivity contribution in [3.63, 3.8) is 0 Å². The predicted molar refractivity (Wildman–Crippen MR) is 265 cm³/mol. The van der Waals surface area contributed by atoms with Crippen LogP contribution in [-0.4, -0.2) is 0 Å². The van der Waals surface area contributed by atoms with E-state index in [1.165, 1.54) is 72.3 Å². The molecule has 1 heterocycles. The van der Waals surface area contributed by atoms with Crippen molar-refractivity contribution in [1.29, 1.82) is 0 Å². The first kappa shape index (κ1) is 40.2. The maximum atomic E-state index is 7.29. The highest BCUT2D eigenvalue weighted by Crippen LogP contribution is 2.55. The number of benzene rings is 7. The van der Waals surface area contributed by atoms with Crippen molar-refractivity contribution in [3.8, 4) is 33.4 Å². The van der Waals surface area contributed by atoms with Crippen LogP contribution in [0, 0.1) is 0 Å². The van der Waals surface area contributed by atoms with Crippen LogP contribution < -0.4 is 4.90 Å². The molecule has 0 aliphatic heterocycles. The number of para-hydroxylation sites is 1. The molecule has 1 aromatic heterocycles. The fourth-order valence-electron chi connectivity index (χ4n) is 10.5. The van der Waals surface area contributed by atoms with Crippen LogP contribution in [-0.2, 0) is 27.1 Å². The number of fused-ring (bicyclic) bond motifs is 9. The van der Waals surface area contributed by atoms with Crippen LogP contribution in [0.4, 0.5) is 17.1 Å². The highest BCUT2D eigenvalue weighted by atomic mass is 16.3. The van der Waals surface area contributed by atoms with E-state index >= 15 is 0 Å². The van der Waals surface area contributed by atoms with Crippen molar-refractivity contribution >= 4 is 39.0 Å². The molecule has 0 unspecified atom stereocenters. The average molecular weight is 812 g/mol. The van der Waals surface area contributed by atoms with Gasteiger partial charge in [-0.25, -0.2) is 0 Å². The van der Waals surface area contributed by atoms with E-state index in [2.05, 4.69) is 228 Å². The van der Waals surface area contributed by atoms with Crippen molar-refractivity contribution in [2.24, 2.45) is 0 Å². The SMILES string of the molecule is CC(C)(C)c1ccc(-c2cc(C(C)(C)C)c3oc4c(N(c5ccc6c(c5)C(C)(C)c5ccccc5-6)c5ccc6c(c5)C(C)(C)c5cc(C(C)(C)C)ccc5-6)cccc4c3c2)cc1. The summed E-state index contributed by atoms with van der Waals surface area (Å²) < 4.78 is 7.29. The first-order valence-corrected chi connectivity index (χ1v) is 22.6. The van der Waals surface area contributed by atoms with Gasteiger partial charge in [-0.3, -0.25) is 0 Å². The van der Waals surface area contributed by atoms with E-state index in [1.54, 1.807) is 0 Å². The zero-order valence-electron chi connectivity index (χ0n) is 39.1. The lowest BCUT2D eigenvalue weighted by Crippen LogP contribution is -2.19. The van der Waals surface area contributed by atoms with Crippen LogP contribution >= 0.6 is 0 Å². The Labute approximate surface area is 369 Å². The Morgan fingerprint density at radius 3 is 1.53 bits per heavy atom. The zero-order valence-corrected chi connectivity index (χ0v) is 39.1. The summed E-state index contributed by atoms with van der Waals surface area (Å²) in [6, 6.07) is 50.9. The molecular weight excluding hydrogens is 751 g/mol. The minimum Gasteiger partial charge on any atom is -0.454 e. The van der Waals surface area contributed by atoms with Gasteiger partial charge in [0.1, 0.15) is 5.58 Å². The summed E-state index contributed by atoms with van der Waals surface area (Å²) in [7, 11) is 0. The maximum Gasteiger partial charge on any atom is 0.159 e. The third-order valence-electron chi connectivity index (χ3n) is 14.3. The average Bonchev–Trinajstić information content (AvgIpc) is 3.79. The van der Waals surface area contributed by atoms with Gasteiger partial charge in [-0.05, 0) is 125 Å². The Morgan fingerprint density at radius 1 is 0.403 bits per heavy atom. The summed E-state index contributed by atoms with van der Waals surface area (Å²) in [5.74, 6) is 0. The van der Waals surface area contributed by atoms with Crippen molar-refractivity contribution in [3.05, 3.63) is 172 Å². The van der Waals surface area contributed by atoms with Crippen LogP contribution in [0.15, 0.2) is 138 Å². The summed E-state index contributed by atoms with van der Waals surface area (Å²) in [5, 5.41) is 2.27. The molecule has 0 saturated carbocycles. The molecule has 0 N–H and O–H groups in total. The summed E-state index contributed by atoms with van der Waals surface area (Å²) in [4.78, 5) is 2.47. The van der Waals surface area contributed by atoms with Crippen LogP contribution in [0.25, 0.3) is 55.3 Å². The fourth-order valence-corrected chi connectivity index (χ4v) is 10.5. The van der Waals surface area contributed by atoms with Crippen LogP contribution in [0.2, 0.25) is 0 Å². The Morgan fingerprint density at radius 2 is 0.935 bits per heavy atom. The second kappa shape index (κ2) is 13.3. The van der Waals surface area contributed by atoms with E-state index < -0.39 is 0 Å². The molecule has 10 rings (SSSR count). The summed E-state index contributed by atoms with van der Waals surface area (Å²) in [5.41, 5.74) is 21.9. The van der Waals surface area contributed by atoms with Gasteiger partial charge in [0, 0.05) is 38.5 Å².